The van der Waals surface area contributed by atoms with Gasteiger partial charge in [-0.2, -0.15) is 0 Å². The van der Waals surface area contributed by atoms with Gasteiger partial charge in [-0.05, 0) is 12.1 Å². The topological polar surface area (TPSA) is 57.8 Å². The van der Waals surface area contributed by atoms with Crippen LogP contribution in [0.15, 0.2) is 24.5 Å². The van der Waals surface area contributed by atoms with Crippen molar-refractivity contribution in [2.45, 2.75) is 0 Å². The van der Waals surface area contributed by atoms with E-state index in [1.54, 1.807) is 19.4 Å². The van der Waals surface area contributed by atoms with E-state index < -0.39 is 0 Å². The average molecular weight is 175 g/mol. The van der Waals surface area contributed by atoms with E-state index in [2.05, 4.69) is 15.3 Å². The van der Waals surface area contributed by atoms with E-state index in [-0.39, 0.29) is 5.91 Å². The lowest BCUT2D eigenvalue weighted by molar-refractivity contribution is 0.0965. The van der Waals surface area contributed by atoms with Crippen molar-refractivity contribution in [2.24, 2.45) is 0 Å². The van der Waals surface area contributed by atoms with Gasteiger partial charge < -0.3 is 10.3 Å². The van der Waals surface area contributed by atoms with Gasteiger partial charge >= 0.3 is 0 Å². The number of amides is 1. The van der Waals surface area contributed by atoms with Crippen LogP contribution in [-0.4, -0.2) is 22.9 Å². The van der Waals surface area contributed by atoms with Crippen LogP contribution in [0.4, 0.5) is 0 Å². The van der Waals surface area contributed by atoms with Crippen LogP contribution in [0, 0.1) is 0 Å². The van der Waals surface area contributed by atoms with Crippen molar-refractivity contribution < 1.29 is 4.79 Å². The second-order valence-electron chi connectivity index (χ2n) is 2.68. The lowest BCUT2D eigenvalue weighted by Crippen LogP contribution is -2.17. The maximum atomic E-state index is 11.3. The van der Waals surface area contributed by atoms with Crippen molar-refractivity contribution in [2.75, 3.05) is 7.05 Å². The summed E-state index contributed by atoms with van der Waals surface area (Å²) in [5.74, 6) is -0.0979. The maximum Gasteiger partial charge on any atom is 0.253 e. The molecule has 0 spiro atoms. The van der Waals surface area contributed by atoms with Crippen LogP contribution in [0.2, 0.25) is 0 Å². The van der Waals surface area contributed by atoms with Gasteiger partial charge in [0.25, 0.3) is 5.91 Å². The van der Waals surface area contributed by atoms with E-state index >= 15 is 0 Å². The minimum absolute atomic E-state index is 0.0979. The normalized spacial score (nSPS) is 10.2. The van der Waals surface area contributed by atoms with Crippen molar-refractivity contribution in [3.05, 3.63) is 30.1 Å². The number of aromatic nitrogens is 2. The second kappa shape index (κ2) is 2.90. The van der Waals surface area contributed by atoms with Gasteiger partial charge in [0.15, 0.2) is 0 Å². The largest absolute Gasteiger partial charge is 0.355 e. The molecule has 4 heteroatoms. The zero-order valence-corrected chi connectivity index (χ0v) is 7.16. The monoisotopic (exact) mass is 175 g/mol. The molecule has 1 amide bonds. The van der Waals surface area contributed by atoms with E-state index in [9.17, 15) is 4.79 Å². The molecule has 0 aliphatic heterocycles. The molecule has 0 atom stereocenters. The number of rotatable bonds is 1. The Morgan fingerprint density at radius 2 is 2.46 bits per heavy atom. The Balaban J connectivity index is 2.64. The zero-order chi connectivity index (χ0) is 9.26. The summed E-state index contributed by atoms with van der Waals surface area (Å²) in [6.07, 6.45) is 3.35. The molecule has 0 aliphatic carbocycles. The quantitative estimate of drug-likeness (QED) is 0.677. The third kappa shape index (κ3) is 1.16. The Morgan fingerprint density at radius 1 is 1.62 bits per heavy atom. The van der Waals surface area contributed by atoms with Crippen LogP contribution in [-0.2, 0) is 0 Å². The lowest BCUT2D eigenvalue weighted by atomic mass is 10.2. The van der Waals surface area contributed by atoms with Crippen molar-refractivity contribution >= 4 is 16.9 Å². The highest BCUT2D eigenvalue weighted by atomic mass is 16.1. The molecule has 2 N–H and O–H groups in total. The fourth-order valence-corrected chi connectivity index (χ4v) is 1.28. The maximum absolute atomic E-state index is 11.3. The molecule has 0 saturated heterocycles. The SMILES string of the molecule is CNC(=O)c1c[nH]c2ncccc12. The third-order valence-electron chi connectivity index (χ3n) is 1.92. The number of carbonyl (C=O) groups is 1. The predicted octanol–water partition coefficient (Wildman–Crippen LogP) is 0.922. The van der Waals surface area contributed by atoms with Gasteiger partial charge in [-0.15, -0.1) is 0 Å². The Morgan fingerprint density at radius 3 is 3.23 bits per heavy atom. The first-order chi connectivity index (χ1) is 6.33. The van der Waals surface area contributed by atoms with Crippen LogP contribution in [0.3, 0.4) is 0 Å². The summed E-state index contributed by atoms with van der Waals surface area (Å²) < 4.78 is 0. The van der Waals surface area contributed by atoms with Gasteiger partial charge in [-0.3, -0.25) is 4.79 Å². The van der Waals surface area contributed by atoms with Crippen molar-refractivity contribution in [3.8, 4) is 0 Å². The van der Waals surface area contributed by atoms with Gasteiger partial charge in [0, 0.05) is 24.8 Å². The number of nitrogens with zero attached hydrogens (tertiary/aromatic N) is 1. The predicted molar refractivity (Wildman–Crippen MR) is 49.5 cm³/mol. The fourth-order valence-electron chi connectivity index (χ4n) is 1.28. The zero-order valence-electron chi connectivity index (χ0n) is 7.16. The third-order valence-corrected chi connectivity index (χ3v) is 1.92. The van der Waals surface area contributed by atoms with Crippen LogP contribution in [0.5, 0.6) is 0 Å². The Labute approximate surface area is 75.0 Å². The summed E-state index contributed by atoms with van der Waals surface area (Å²) in [5, 5.41) is 3.42. The van der Waals surface area contributed by atoms with Crippen molar-refractivity contribution in [3.63, 3.8) is 0 Å². The van der Waals surface area contributed by atoms with E-state index in [1.165, 1.54) is 0 Å². The number of fused-ring (bicyclic) bond motifs is 1. The molecule has 0 bridgehead atoms. The van der Waals surface area contributed by atoms with Gasteiger partial charge in [0.1, 0.15) is 5.65 Å². The molecule has 0 unspecified atom stereocenters. The summed E-state index contributed by atoms with van der Waals surface area (Å²) in [6.45, 7) is 0. The lowest BCUT2D eigenvalue weighted by Gasteiger charge is -1.95. The number of aromatic amines is 1. The van der Waals surface area contributed by atoms with E-state index in [0.29, 0.717) is 5.56 Å². The number of nitrogens with one attached hydrogen (secondary N) is 2. The minimum atomic E-state index is -0.0979. The molecular formula is C9H9N3O. The summed E-state index contributed by atoms with van der Waals surface area (Å²) >= 11 is 0. The first-order valence-electron chi connectivity index (χ1n) is 3.97. The molecule has 0 radical (unpaired) electrons. The molecule has 2 heterocycles. The second-order valence-corrected chi connectivity index (χ2v) is 2.68. The smallest absolute Gasteiger partial charge is 0.253 e. The Kier molecular flexibility index (Phi) is 1.73. The standard InChI is InChI=1S/C9H9N3O/c1-10-9(13)7-5-12-8-6(7)3-2-4-11-8/h2-5H,1H3,(H,10,13)(H,11,12). The Bertz CT molecular complexity index is 447. The highest BCUT2D eigenvalue weighted by Crippen LogP contribution is 2.14. The van der Waals surface area contributed by atoms with Gasteiger partial charge in [-0.25, -0.2) is 4.98 Å². The molecular weight excluding hydrogens is 166 g/mol. The first kappa shape index (κ1) is 7.79. The molecule has 2 aromatic heterocycles. The molecule has 4 nitrogen and oxygen atoms in total. The van der Waals surface area contributed by atoms with Crippen LogP contribution < -0.4 is 5.32 Å². The van der Waals surface area contributed by atoms with Crippen molar-refractivity contribution in [1.29, 1.82) is 0 Å². The summed E-state index contributed by atoms with van der Waals surface area (Å²) in [5.41, 5.74) is 1.37. The van der Waals surface area contributed by atoms with E-state index in [4.69, 9.17) is 0 Å². The fraction of sp³-hybridized carbons (Fsp3) is 0.111. The molecule has 2 aromatic rings. The number of carbonyl (C=O) groups excluding carboxylic acids is 1. The highest BCUT2D eigenvalue weighted by molar-refractivity contribution is 6.05. The number of hydrogen-bond donors (Lipinski definition) is 2. The van der Waals surface area contributed by atoms with Gasteiger partial charge in [0.05, 0.1) is 5.56 Å². The summed E-state index contributed by atoms with van der Waals surface area (Å²) in [6, 6.07) is 3.67. The molecule has 0 saturated carbocycles. The minimum Gasteiger partial charge on any atom is -0.355 e. The summed E-state index contributed by atoms with van der Waals surface area (Å²) in [4.78, 5) is 18.3. The average Bonchev–Trinajstić information content (AvgIpc) is 2.60. The number of H-pyrrole nitrogens is 1. The number of pyridine rings is 1. The molecule has 2 rings (SSSR count). The molecule has 0 fully saturated rings. The van der Waals surface area contributed by atoms with Gasteiger partial charge in [0.2, 0.25) is 0 Å². The molecule has 0 aromatic carbocycles. The van der Waals surface area contributed by atoms with Crippen molar-refractivity contribution in [1.82, 2.24) is 15.3 Å². The van der Waals surface area contributed by atoms with Crippen LogP contribution in [0.1, 0.15) is 10.4 Å². The van der Waals surface area contributed by atoms with Gasteiger partial charge in [-0.1, -0.05) is 0 Å². The number of hydrogen-bond acceptors (Lipinski definition) is 2. The first-order valence-corrected chi connectivity index (χ1v) is 3.97. The highest BCUT2D eigenvalue weighted by Gasteiger charge is 2.09. The van der Waals surface area contributed by atoms with E-state index in [1.807, 2.05) is 12.1 Å². The van der Waals surface area contributed by atoms with Crippen LogP contribution in [0.25, 0.3) is 11.0 Å². The molecule has 0 aliphatic rings. The molecule has 66 valence electrons. The Hall–Kier alpha value is -1.84. The summed E-state index contributed by atoms with van der Waals surface area (Å²) in [7, 11) is 1.61. The van der Waals surface area contributed by atoms with Crippen LogP contribution >= 0.6 is 0 Å². The van der Waals surface area contributed by atoms with E-state index in [0.717, 1.165) is 11.0 Å². The molecule has 13 heavy (non-hydrogen) atoms.